The van der Waals surface area contributed by atoms with E-state index < -0.39 is 35.4 Å². The molecule has 0 aliphatic carbocycles. The topological polar surface area (TPSA) is 51.5 Å². The predicted molar refractivity (Wildman–Crippen MR) is 78.6 cm³/mol. The fraction of sp³-hybridized carbons (Fsp3) is 0.250. The van der Waals surface area contributed by atoms with Crippen LogP contribution in [0, 0.1) is 17.5 Å². The van der Waals surface area contributed by atoms with Gasteiger partial charge in [0, 0.05) is 20.3 Å². The summed E-state index contributed by atoms with van der Waals surface area (Å²) in [5.41, 5.74) is 0.0257. The molecular weight excluding hydrogens is 325 g/mol. The number of benzene rings is 1. The highest BCUT2D eigenvalue weighted by Crippen LogP contribution is 2.26. The largest absolute Gasteiger partial charge is 0.467 e. The van der Waals surface area contributed by atoms with Crippen LogP contribution in [0.3, 0.4) is 0 Å². The highest BCUT2D eigenvalue weighted by Gasteiger charge is 2.32. The number of hydrogen-bond acceptors (Lipinski definition) is 3. The second-order valence-corrected chi connectivity index (χ2v) is 5.14. The molecule has 0 aliphatic rings. The molecule has 0 saturated carbocycles. The molecule has 8 heteroatoms. The smallest absolute Gasteiger partial charge is 0.333 e. The summed E-state index contributed by atoms with van der Waals surface area (Å²) in [5, 5.41) is 0. The SMILES string of the molecule is COC(=O)[C@@H](c1cc(F)c(F)c(F)c1)N(C)C(=O)c1cccn1C. The van der Waals surface area contributed by atoms with E-state index in [0.29, 0.717) is 12.1 Å². The third-order valence-electron chi connectivity index (χ3n) is 3.62. The lowest BCUT2D eigenvalue weighted by atomic mass is 10.0. The highest BCUT2D eigenvalue weighted by atomic mass is 19.2. The van der Waals surface area contributed by atoms with Crippen LogP contribution < -0.4 is 0 Å². The van der Waals surface area contributed by atoms with Gasteiger partial charge in [0.2, 0.25) is 0 Å². The highest BCUT2D eigenvalue weighted by molar-refractivity contribution is 5.95. The van der Waals surface area contributed by atoms with E-state index in [1.54, 1.807) is 19.3 Å². The number of aryl methyl sites for hydroxylation is 1. The molecule has 0 N–H and O–H groups in total. The van der Waals surface area contributed by atoms with Crippen molar-refractivity contribution in [3.05, 3.63) is 59.2 Å². The lowest BCUT2D eigenvalue weighted by Crippen LogP contribution is -2.37. The van der Waals surface area contributed by atoms with Crippen LogP contribution in [-0.2, 0) is 16.6 Å². The van der Waals surface area contributed by atoms with Crippen molar-refractivity contribution >= 4 is 11.9 Å². The van der Waals surface area contributed by atoms with Gasteiger partial charge in [-0.3, -0.25) is 4.79 Å². The number of methoxy groups -OCH3 is 1. The molecule has 1 amide bonds. The Kier molecular flexibility index (Phi) is 4.96. The molecule has 2 rings (SSSR count). The van der Waals surface area contributed by atoms with Gasteiger partial charge in [0.25, 0.3) is 5.91 Å². The van der Waals surface area contributed by atoms with Crippen molar-refractivity contribution in [1.29, 1.82) is 0 Å². The zero-order valence-corrected chi connectivity index (χ0v) is 13.2. The molecule has 0 radical (unpaired) electrons. The van der Waals surface area contributed by atoms with Crippen molar-refractivity contribution in [3.63, 3.8) is 0 Å². The van der Waals surface area contributed by atoms with Crippen molar-refractivity contribution in [2.45, 2.75) is 6.04 Å². The predicted octanol–water partition coefficient (Wildman–Crippen LogP) is 2.43. The van der Waals surface area contributed by atoms with Crippen molar-refractivity contribution < 1.29 is 27.5 Å². The first-order chi connectivity index (χ1) is 11.3. The molecule has 0 saturated heterocycles. The third kappa shape index (κ3) is 3.12. The lowest BCUT2D eigenvalue weighted by Gasteiger charge is -2.26. The number of ether oxygens (including phenoxy) is 1. The van der Waals surface area contributed by atoms with Gasteiger partial charge in [-0.1, -0.05) is 0 Å². The Bertz CT molecular complexity index is 766. The minimum Gasteiger partial charge on any atom is -0.467 e. The van der Waals surface area contributed by atoms with Crippen LogP contribution in [0.1, 0.15) is 22.1 Å². The van der Waals surface area contributed by atoms with Crippen LogP contribution in [0.2, 0.25) is 0 Å². The fourth-order valence-corrected chi connectivity index (χ4v) is 2.34. The van der Waals surface area contributed by atoms with Gasteiger partial charge in [0.15, 0.2) is 23.5 Å². The van der Waals surface area contributed by atoms with Gasteiger partial charge in [-0.15, -0.1) is 0 Å². The molecule has 5 nitrogen and oxygen atoms in total. The number of halogens is 3. The average molecular weight is 340 g/mol. The Morgan fingerprint density at radius 2 is 1.79 bits per heavy atom. The Balaban J connectivity index is 2.48. The molecule has 1 aromatic carbocycles. The molecule has 1 atom stereocenters. The number of nitrogens with zero attached hydrogens (tertiary/aromatic N) is 2. The van der Waals surface area contributed by atoms with Crippen molar-refractivity contribution in [3.8, 4) is 0 Å². The van der Waals surface area contributed by atoms with Crippen molar-refractivity contribution in [1.82, 2.24) is 9.47 Å². The molecule has 2 aromatic rings. The third-order valence-corrected chi connectivity index (χ3v) is 3.62. The van der Waals surface area contributed by atoms with Gasteiger partial charge in [-0.2, -0.15) is 0 Å². The number of esters is 1. The second kappa shape index (κ2) is 6.77. The summed E-state index contributed by atoms with van der Waals surface area (Å²) < 4.78 is 46.3. The second-order valence-electron chi connectivity index (χ2n) is 5.14. The zero-order valence-electron chi connectivity index (χ0n) is 13.2. The lowest BCUT2D eigenvalue weighted by molar-refractivity contribution is -0.145. The number of amides is 1. The Morgan fingerprint density at radius 3 is 2.25 bits per heavy atom. The summed E-state index contributed by atoms with van der Waals surface area (Å²) in [7, 11) is 3.99. The first-order valence-corrected chi connectivity index (χ1v) is 6.88. The molecular formula is C16H15F3N2O3. The van der Waals surface area contributed by atoms with Crippen LogP contribution in [0.4, 0.5) is 13.2 Å². The number of hydrogen-bond donors (Lipinski definition) is 0. The van der Waals surface area contributed by atoms with Gasteiger partial charge >= 0.3 is 5.97 Å². The standard InChI is InChI=1S/C16H15F3N2O3/c1-20-6-4-5-12(20)15(22)21(2)14(16(23)24-3)9-7-10(17)13(19)11(18)8-9/h4-8,14H,1-3H3/t14-/m1/s1. The van der Waals surface area contributed by atoms with Gasteiger partial charge in [-0.25, -0.2) is 18.0 Å². The van der Waals surface area contributed by atoms with E-state index in [9.17, 15) is 22.8 Å². The van der Waals surface area contributed by atoms with Crippen LogP contribution in [0.25, 0.3) is 0 Å². The van der Waals surface area contributed by atoms with Gasteiger partial charge < -0.3 is 14.2 Å². The number of carbonyl (C=O) groups is 2. The first kappa shape index (κ1) is 17.6. The zero-order chi connectivity index (χ0) is 18.0. The summed E-state index contributed by atoms with van der Waals surface area (Å²) in [4.78, 5) is 25.6. The minimum absolute atomic E-state index is 0.233. The van der Waals surface area contributed by atoms with Crippen LogP contribution in [0.15, 0.2) is 30.5 Å². The van der Waals surface area contributed by atoms with E-state index in [1.807, 2.05) is 0 Å². The molecule has 1 aromatic heterocycles. The number of aromatic nitrogens is 1. The summed E-state index contributed by atoms with van der Waals surface area (Å²) in [6.45, 7) is 0. The first-order valence-electron chi connectivity index (χ1n) is 6.88. The summed E-state index contributed by atoms with van der Waals surface area (Å²) in [5.74, 6) is -6.05. The molecule has 0 fully saturated rings. The van der Waals surface area contributed by atoms with E-state index in [-0.39, 0.29) is 11.3 Å². The van der Waals surface area contributed by atoms with Crippen molar-refractivity contribution in [2.24, 2.45) is 7.05 Å². The molecule has 24 heavy (non-hydrogen) atoms. The van der Waals surface area contributed by atoms with E-state index in [1.165, 1.54) is 17.7 Å². The number of likely N-dealkylation sites (N-methyl/N-ethyl adjacent to an activating group) is 1. The molecule has 0 unspecified atom stereocenters. The minimum atomic E-state index is -1.65. The number of carbonyl (C=O) groups excluding carboxylic acids is 2. The van der Waals surface area contributed by atoms with Crippen LogP contribution in [-0.4, -0.2) is 35.5 Å². The van der Waals surface area contributed by atoms with Crippen LogP contribution >= 0.6 is 0 Å². The Morgan fingerprint density at radius 1 is 1.21 bits per heavy atom. The van der Waals surface area contributed by atoms with E-state index in [2.05, 4.69) is 4.74 Å². The maximum atomic E-state index is 13.5. The van der Waals surface area contributed by atoms with E-state index in [0.717, 1.165) is 12.0 Å². The maximum absolute atomic E-state index is 13.5. The normalized spacial score (nSPS) is 11.9. The monoisotopic (exact) mass is 340 g/mol. The number of rotatable bonds is 4. The average Bonchev–Trinajstić information content (AvgIpc) is 2.97. The Labute approximate surface area is 136 Å². The molecule has 0 bridgehead atoms. The quantitative estimate of drug-likeness (QED) is 0.634. The summed E-state index contributed by atoms with van der Waals surface area (Å²) in [6, 6.07) is 3.05. The van der Waals surface area contributed by atoms with Crippen molar-refractivity contribution in [2.75, 3.05) is 14.2 Å². The van der Waals surface area contributed by atoms with Gasteiger partial charge in [0.05, 0.1) is 7.11 Å². The molecule has 128 valence electrons. The Hall–Kier alpha value is -2.77. The maximum Gasteiger partial charge on any atom is 0.333 e. The molecule has 1 heterocycles. The molecule has 0 spiro atoms. The van der Waals surface area contributed by atoms with Crippen LogP contribution in [0.5, 0.6) is 0 Å². The van der Waals surface area contributed by atoms with Gasteiger partial charge in [0.1, 0.15) is 5.69 Å². The van der Waals surface area contributed by atoms with Gasteiger partial charge in [-0.05, 0) is 29.8 Å². The van der Waals surface area contributed by atoms with E-state index >= 15 is 0 Å². The fourth-order valence-electron chi connectivity index (χ4n) is 2.34. The summed E-state index contributed by atoms with van der Waals surface area (Å²) in [6.07, 6.45) is 1.63. The summed E-state index contributed by atoms with van der Waals surface area (Å²) >= 11 is 0. The molecule has 0 aliphatic heterocycles. The van der Waals surface area contributed by atoms with E-state index in [4.69, 9.17) is 0 Å².